The molecule has 0 aliphatic rings. The van der Waals surface area contributed by atoms with Crippen molar-refractivity contribution in [1.29, 1.82) is 0 Å². The lowest BCUT2D eigenvalue weighted by molar-refractivity contribution is 0.578. The van der Waals surface area contributed by atoms with Gasteiger partial charge in [0.1, 0.15) is 0 Å². The molecule has 0 radical (unpaired) electrons. The molecule has 0 aromatic rings. The van der Waals surface area contributed by atoms with Crippen molar-refractivity contribution in [2.45, 2.75) is 0 Å². The molecule has 0 aliphatic carbocycles. The zero-order valence-corrected chi connectivity index (χ0v) is 5.53. The maximum absolute atomic E-state index is 10.7. The summed E-state index contributed by atoms with van der Waals surface area (Å²) < 4.78 is 10.7. The summed E-state index contributed by atoms with van der Waals surface area (Å²) in [6, 6.07) is 0. The molecule has 0 atom stereocenters. The summed E-state index contributed by atoms with van der Waals surface area (Å²) in [5.74, 6) is 4.89. The monoisotopic (exact) mass is 122 g/mol. The lowest BCUT2D eigenvalue weighted by Crippen LogP contribution is -2.22. The summed E-state index contributed by atoms with van der Waals surface area (Å²) in [6.07, 6.45) is 0.424. The molecule has 3 nitrogen and oxygen atoms in total. The van der Waals surface area contributed by atoms with Gasteiger partial charge in [0.15, 0.2) is 0 Å². The van der Waals surface area contributed by atoms with Crippen molar-refractivity contribution in [1.82, 2.24) is 5.43 Å². The van der Waals surface area contributed by atoms with Crippen LogP contribution in [0.2, 0.25) is 0 Å². The molecular weight excluding hydrogens is 111 g/mol. The van der Waals surface area contributed by atoms with Gasteiger partial charge in [-0.25, -0.2) is 0 Å². The molecule has 0 amide bonds. The first-order chi connectivity index (χ1) is 3.06. The van der Waals surface area contributed by atoms with Crippen LogP contribution in [0, 0.1) is 0 Å². The van der Waals surface area contributed by atoms with Gasteiger partial charge < -0.3 is 4.57 Å². The van der Waals surface area contributed by atoms with Crippen LogP contribution in [-0.2, 0) is 4.57 Å². The second-order valence-corrected chi connectivity index (χ2v) is 5.40. The van der Waals surface area contributed by atoms with Crippen LogP contribution in [0.25, 0.3) is 0 Å². The zero-order chi connectivity index (χ0) is 5.91. The topological polar surface area (TPSA) is 55.1 Å². The molecule has 0 spiro atoms. The summed E-state index contributed by atoms with van der Waals surface area (Å²) in [4.78, 5) is 0. The van der Waals surface area contributed by atoms with Crippen LogP contribution in [0.1, 0.15) is 0 Å². The number of hydrazine groups is 1. The average molecular weight is 122 g/mol. The van der Waals surface area contributed by atoms with Crippen LogP contribution >= 0.6 is 7.14 Å². The van der Waals surface area contributed by atoms with Crippen LogP contribution < -0.4 is 11.3 Å². The predicted octanol–water partition coefficient (Wildman–Crippen LogP) is 0.0299. The van der Waals surface area contributed by atoms with Gasteiger partial charge in [-0.15, -0.1) is 0 Å². The maximum atomic E-state index is 10.7. The summed E-state index contributed by atoms with van der Waals surface area (Å²) in [7, 11) is -1.90. The van der Waals surface area contributed by atoms with Gasteiger partial charge in [0.05, 0.1) is 13.4 Å². The third-order valence-corrected chi connectivity index (χ3v) is 1.42. The SMILES string of the molecule is CP(C)(=O)CNN. The fourth-order valence-electron chi connectivity index (χ4n) is 0.220. The first-order valence-electron chi connectivity index (χ1n) is 2.04. The van der Waals surface area contributed by atoms with Gasteiger partial charge in [-0.05, 0) is 13.3 Å². The first kappa shape index (κ1) is 7.15. The van der Waals surface area contributed by atoms with E-state index in [4.69, 9.17) is 5.84 Å². The van der Waals surface area contributed by atoms with E-state index in [2.05, 4.69) is 5.43 Å². The van der Waals surface area contributed by atoms with Crippen LogP contribution in [0.3, 0.4) is 0 Å². The lowest BCUT2D eigenvalue weighted by atomic mass is 11.5. The molecule has 0 rings (SSSR count). The van der Waals surface area contributed by atoms with Crippen LogP contribution in [0.5, 0.6) is 0 Å². The fourth-order valence-corrected chi connectivity index (χ4v) is 0.660. The van der Waals surface area contributed by atoms with Gasteiger partial charge in [-0.3, -0.25) is 11.3 Å². The molecule has 0 saturated carbocycles. The highest BCUT2D eigenvalue weighted by molar-refractivity contribution is 7.62. The predicted molar refractivity (Wildman–Crippen MR) is 31.6 cm³/mol. The van der Waals surface area contributed by atoms with Crippen molar-refractivity contribution in [2.75, 3.05) is 19.6 Å². The van der Waals surface area contributed by atoms with Gasteiger partial charge in [-0.1, -0.05) is 0 Å². The van der Waals surface area contributed by atoms with Crippen LogP contribution in [0.4, 0.5) is 0 Å². The molecule has 0 fully saturated rings. The van der Waals surface area contributed by atoms with Crippen LogP contribution in [-0.4, -0.2) is 19.6 Å². The number of rotatable bonds is 2. The van der Waals surface area contributed by atoms with E-state index in [1.54, 1.807) is 13.3 Å². The number of nitrogens with two attached hydrogens (primary N) is 1. The third kappa shape index (κ3) is 6.15. The Morgan fingerprint density at radius 3 is 2.14 bits per heavy atom. The first-order valence-corrected chi connectivity index (χ1v) is 4.82. The van der Waals surface area contributed by atoms with Gasteiger partial charge in [-0.2, -0.15) is 0 Å². The van der Waals surface area contributed by atoms with E-state index in [9.17, 15) is 4.57 Å². The lowest BCUT2D eigenvalue weighted by Gasteiger charge is -2.01. The number of hydrogen-bond donors (Lipinski definition) is 2. The Bertz CT molecular complexity index is 86.9. The molecular formula is C3H11N2OP. The summed E-state index contributed by atoms with van der Waals surface area (Å²) in [5.41, 5.74) is 2.34. The van der Waals surface area contributed by atoms with Gasteiger partial charge in [0, 0.05) is 0 Å². The molecule has 0 aliphatic heterocycles. The molecule has 7 heavy (non-hydrogen) atoms. The van der Waals surface area contributed by atoms with Crippen molar-refractivity contribution >= 4 is 7.14 Å². The molecule has 0 aromatic carbocycles. The van der Waals surface area contributed by atoms with E-state index in [1.165, 1.54) is 0 Å². The Labute approximate surface area is 43.6 Å². The molecule has 4 heteroatoms. The Kier molecular flexibility index (Phi) is 2.51. The fraction of sp³-hybridized carbons (Fsp3) is 1.00. The molecule has 0 aromatic heterocycles. The van der Waals surface area contributed by atoms with Gasteiger partial charge >= 0.3 is 0 Å². The minimum absolute atomic E-state index is 0.424. The summed E-state index contributed by atoms with van der Waals surface area (Å²) in [5, 5.41) is 0. The van der Waals surface area contributed by atoms with E-state index in [0.29, 0.717) is 6.29 Å². The molecule has 0 bridgehead atoms. The Morgan fingerprint density at radius 2 is 2.14 bits per heavy atom. The summed E-state index contributed by atoms with van der Waals surface area (Å²) in [6.45, 7) is 3.37. The van der Waals surface area contributed by atoms with Crippen molar-refractivity contribution in [3.8, 4) is 0 Å². The highest BCUT2D eigenvalue weighted by Gasteiger charge is 2.01. The van der Waals surface area contributed by atoms with E-state index in [0.717, 1.165) is 0 Å². The van der Waals surface area contributed by atoms with Crippen molar-refractivity contribution in [2.24, 2.45) is 5.84 Å². The van der Waals surface area contributed by atoms with Gasteiger partial charge in [0.25, 0.3) is 0 Å². The van der Waals surface area contributed by atoms with E-state index < -0.39 is 7.14 Å². The second-order valence-electron chi connectivity index (χ2n) is 1.94. The average Bonchev–Trinajstić information content (AvgIpc) is 1.30. The minimum atomic E-state index is -1.90. The van der Waals surface area contributed by atoms with E-state index in [-0.39, 0.29) is 0 Å². The molecule has 0 unspecified atom stereocenters. The number of nitrogens with one attached hydrogen (secondary N) is 1. The standard InChI is InChI=1S/C3H11N2OP/c1-7(2,6)3-5-4/h5H,3-4H2,1-2H3. The van der Waals surface area contributed by atoms with Gasteiger partial charge in [0.2, 0.25) is 0 Å². The Balaban J connectivity index is 3.36. The van der Waals surface area contributed by atoms with Crippen molar-refractivity contribution < 1.29 is 4.57 Å². The Hall–Kier alpha value is 0.150. The highest BCUT2D eigenvalue weighted by Crippen LogP contribution is 2.32. The van der Waals surface area contributed by atoms with Crippen LogP contribution in [0.15, 0.2) is 0 Å². The smallest absolute Gasteiger partial charge is 0.0963 e. The largest absolute Gasteiger partial charge is 0.323 e. The third-order valence-electron chi connectivity index (χ3n) is 0.472. The normalized spacial score (nSPS) is 11.9. The zero-order valence-electron chi connectivity index (χ0n) is 4.64. The molecule has 0 heterocycles. The highest BCUT2D eigenvalue weighted by atomic mass is 31.2. The molecule has 44 valence electrons. The maximum Gasteiger partial charge on any atom is 0.0963 e. The van der Waals surface area contributed by atoms with Crippen molar-refractivity contribution in [3.63, 3.8) is 0 Å². The van der Waals surface area contributed by atoms with E-state index >= 15 is 0 Å². The van der Waals surface area contributed by atoms with E-state index in [1.807, 2.05) is 0 Å². The summed E-state index contributed by atoms with van der Waals surface area (Å²) >= 11 is 0. The number of hydrogen-bond acceptors (Lipinski definition) is 3. The second kappa shape index (κ2) is 2.46. The molecule has 0 saturated heterocycles. The molecule has 3 N–H and O–H groups in total. The Morgan fingerprint density at radius 1 is 1.71 bits per heavy atom. The van der Waals surface area contributed by atoms with Crippen molar-refractivity contribution in [3.05, 3.63) is 0 Å². The quantitative estimate of drug-likeness (QED) is 0.308. The minimum Gasteiger partial charge on any atom is -0.323 e.